The fraction of sp³-hybridized carbons (Fsp3) is 0.667. The molecule has 0 aromatic heterocycles. The maximum absolute atomic E-state index is 5.22. The molecule has 28 heavy (non-hydrogen) atoms. The molecular weight excluding hydrogens is 467 g/mol. The van der Waals surface area contributed by atoms with Gasteiger partial charge in [-0.15, -0.1) is 24.0 Å². The molecule has 1 aromatic carbocycles. The first kappa shape index (κ1) is 26.9. The first-order valence-corrected chi connectivity index (χ1v) is 9.94. The molecule has 2 N–H and O–H groups in total. The monoisotopic (exact) mass is 506 g/mol. The van der Waals surface area contributed by atoms with Gasteiger partial charge in [-0.1, -0.05) is 19.1 Å². The molecule has 1 atom stereocenters. The second-order valence-electron chi connectivity index (χ2n) is 6.80. The van der Waals surface area contributed by atoms with E-state index in [-0.39, 0.29) is 24.0 Å². The highest BCUT2D eigenvalue weighted by Gasteiger charge is 2.06. The Hall–Kier alpha value is -1.06. The lowest BCUT2D eigenvalue weighted by Crippen LogP contribution is -2.38. The number of aliphatic imine (C=N–C) groups is 1. The van der Waals surface area contributed by atoms with Crippen molar-refractivity contribution in [2.45, 2.75) is 32.6 Å². The third kappa shape index (κ3) is 11.7. The van der Waals surface area contributed by atoms with Crippen molar-refractivity contribution in [2.75, 3.05) is 60.6 Å². The molecular formula is C21H39IN4O2. The number of ether oxygens (including phenoxy) is 2. The standard InChI is InChI=1S/C21H38N4O2.HI/c1-6-22-21(23-13-7-15-25(3)16-17-26-4)24-14-12-18(2)19-8-10-20(27-5)11-9-19;/h8-11,18H,6-7,12-17H2,1-5H3,(H2,22,23,24);1H. The molecule has 7 heteroatoms. The average molecular weight is 506 g/mol. The number of methoxy groups -OCH3 is 2. The minimum atomic E-state index is 0. The van der Waals surface area contributed by atoms with Crippen LogP contribution >= 0.6 is 24.0 Å². The van der Waals surface area contributed by atoms with Gasteiger partial charge < -0.3 is 25.0 Å². The second kappa shape index (κ2) is 16.9. The zero-order valence-electron chi connectivity index (χ0n) is 18.2. The molecule has 0 amide bonds. The molecule has 0 bridgehead atoms. The predicted octanol–water partition coefficient (Wildman–Crippen LogP) is 3.33. The fourth-order valence-electron chi connectivity index (χ4n) is 2.74. The summed E-state index contributed by atoms with van der Waals surface area (Å²) in [7, 11) is 5.55. The maximum Gasteiger partial charge on any atom is 0.191 e. The summed E-state index contributed by atoms with van der Waals surface area (Å²) in [4.78, 5) is 6.95. The zero-order valence-corrected chi connectivity index (χ0v) is 20.5. The molecule has 0 aliphatic rings. The number of benzene rings is 1. The van der Waals surface area contributed by atoms with Crippen LogP contribution in [0.3, 0.4) is 0 Å². The van der Waals surface area contributed by atoms with Gasteiger partial charge in [-0.25, -0.2) is 0 Å². The van der Waals surface area contributed by atoms with Crippen molar-refractivity contribution < 1.29 is 9.47 Å². The lowest BCUT2D eigenvalue weighted by atomic mass is 9.98. The molecule has 0 saturated heterocycles. The lowest BCUT2D eigenvalue weighted by molar-refractivity contribution is 0.161. The van der Waals surface area contributed by atoms with E-state index in [9.17, 15) is 0 Å². The van der Waals surface area contributed by atoms with Crippen LogP contribution in [0, 0.1) is 0 Å². The highest BCUT2D eigenvalue weighted by Crippen LogP contribution is 2.21. The summed E-state index contributed by atoms with van der Waals surface area (Å²) >= 11 is 0. The molecule has 162 valence electrons. The smallest absolute Gasteiger partial charge is 0.191 e. The zero-order chi connectivity index (χ0) is 19.9. The van der Waals surface area contributed by atoms with Crippen molar-refractivity contribution in [3.63, 3.8) is 0 Å². The first-order valence-electron chi connectivity index (χ1n) is 9.94. The molecule has 0 aliphatic heterocycles. The number of rotatable bonds is 13. The highest BCUT2D eigenvalue weighted by molar-refractivity contribution is 14.0. The maximum atomic E-state index is 5.22. The Kier molecular flexibility index (Phi) is 16.2. The summed E-state index contributed by atoms with van der Waals surface area (Å²) in [5, 5.41) is 6.77. The lowest BCUT2D eigenvalue weighted by Gasteiger charge is -2.16. The van der Waals surface area contributed by atoms with Crippen LogP contribution in [0.2, 0.25) is 0 Å². The van der Waals surface area contributed by atoms with Crippen molar-refractivity contribution in [1.29, 1.82) is 0 Å². The number of nitrogens with zero attached hydrogens (tertiary/aromatic N) is 2. The minimum Gasteiger partial charge on any atom is -0.497 e. The topological polar surface area (TPSA) is 58.1 Å². The van der Waals surface area contributed by atoms with E-state index in [1.165, 1.54) is 5.56 Å². The van der Waals surface area contributed by atoms with Gasteiger partial charge in [0.25, 0.3) is 0 Å². The Morgan fingerprint density at radius 2 is 1.86 bits per heavy atom. The van der Waals surface area contributed by atoms with Crippen molar-refractivity contribution in [1.82, 2.24) is 15.5 Å². The Morgan fingerprint density at radius 3 is 2.46 bits per heavy atom. The van der Waals surface area contributed by atoms with Crippen molar-refractivity contribution in [2.24, 2.45) is 4.99 Å². The summed E-state index contributed by atoms with van der Waals surface area (Å²) in [6.07, 6.45) is 2.09. The van der Waals surface area contributed by atoms with Crippen molar-refractivity contribution in [3.05, 3.63) is 29.8 Å². The van der Waals surface area contributed by atoms with E-state index in [1.807, 2.05) is 12.1 Å². The molecule has 1 aromatic rings. The molecule has 0 heterocycles. The normalized spacial score (nSPS) is 12.4. The van der Waals surface area contributed by atoms with Gasteiger partial charge >= 0.3 is 0 Å². The average Bonchev–Trinajstić information content (AvgIpc) is 2.69. The highest BCUT2D eigenvalue weighted by atomic mass is 127. The van der Waals surface area contributed by atoms with Crippen LogP contribution < -0.4 is 15.4 Å². The van der Waals surface area contributed by atoms with Crippen molar-refractivity contribution >= 4 is 29.9 Å². The SMILES string of the molecule is CCNC(=NCCCN(C)CCOC)NCCC(C)c1ccc(OC)cc1.I. The Labute approximate surface area is 188 Å². The van der Waals surface area contributed by atoms with E-state index in [0.717, 1.165) is 63.9 Å². The van der Waals surface area contributed by atoms with Crippen LogP contribution in [0.5, 0.6) is 5.75 Å². The molecule has 0 fully saturated rings. The van der Waals surface area contributed by atoms with Gasteiger partial charge in [0.2, 0.25) is 0 Å². The number of nitrogens with one attached hydrogen (secondary N) is 2. The quantitative estimate of drug-likeness (QED) is 0.186. The summed E-state index contributed by atoms with van der Waals surface area (Å²) in [5.41, 5.74) is 1.33. The van der Waals surface area contributed by atoms with E-state index in [1.54, 1.807) is 14.2 Å². The van der Waals surface area contributed by atoms with Gasteiger partial charge in [0.15, 0.2) is 5.96 Å². The van der Waals surface area contributed by atoms with Gasteiger partial charge in [-0.05, 0) is 57.0 Å². The predicted molar refractivity (Wildman–Crippen MR) is 129 cm³/mol. The number of likely N-dealkylation sites (N-methyl/N-ethyl adjacent to an activating group) is 1. The van der Waals surface area contributed by atoms with Gasteiger partial charge in [0.1, 0.15) is 5.75 Å². The van der Waals surface area contributed by atoms with E-state index in [4.69, 9.17) is 9.47 Å². The number of halogens is 1. The van der Waals surface area contributed by atoms with E-state index in [0.29, 0.717) is 5.92 Å². The number of guanidine groups is 1. The van der Waals surface area contributed by atoms with Crippen LogP contribution in [0.25, 0.3) is 0 Å². The molecule has 1 unspecified atom stereocenters. The van der Waals surface area contributed by atoms with Gasteiger partial charge in [0, 0.05) is 33.3 Å². The van der Waals surface area contributed by atoms with Crippen LogP contribution in [-0.4, -0.2) is 71.5 Å². The van der Waals surface area contributed by atoms with Gasteiger partial charge in [-0.3, -0.25) is 4.99 Å². The minimum absolute atomic E-state index is 0. The molecule has 0 aliphatic carbocycles. The van der Waals surface area contributed by atoms with Crippen LogP contribution in [0.15, 0.2) is 29.3 Å². The van der Waals surface area contributed by atoms with E-state index in [2.05, 4.69) is 53.6 Å². The first-order chi connectivity index (χ1) is 13.1. The third-order valence-electron chi connectivity index (χ3n) is 4.54. The summed E-state index contributed by atoms with van der Waals surface area (Å²) < 4.78 is 10.3. The molecule has 0 spiro atoms. The van der Waals surface area contributed by atoms with Crippen LogP contribution in [0.1, 0.15) is 38.2 Å². The van der Waals surface area contributed by atoms with E-state index >= 15 is 0 Å². The fourth-order valence-corrected chi connectivity index (χ4v) is 2.74. The number of hydrogen-bond donors (Lipinski definition) is 2. The van der Waals surface area contributed by atoms with Gasteiger partial charge in [0.05, 0.1) is 13.7 Å². The van der Waals surface area contributed by atoms with Crippen LogP contribution in [0.4, 0.5) is 0 Å². The summed E-state index contributed by atoms with van der Waals surface area (Å²) in [5.74, 6) is 2.29. The largest absolute Gasteiger partial charge is 0.497 e. The Bertz CT molecular complexity index is 526. The van der Waals surface area contributed by atoms with E-state index < -0.39 is 0 Å². The van der Waals surface area contributed by atoms with Crippen molar-refractivity contribution in [3.8, 4) is 5.75 Å². The Morgan fingerprint density at radius 1 is 1.14 bits per heavy atom. The van der Waals surface area contributed by atoms with Gasteiger partial charge in [-0.2, -0.15) is 0 Å². The Balaban J connectivity index is 0.00000729. The molecule has 0 radical (unpaired) electrons. The molecule has 1 rings (SSSR count). The third-order valence-corrected chi connectivity index (χ3v) is 4.54. The summed E-state index contributed by atoms with van der Waals surface area (Å²) in [6.45, 7) is 9.69. The second-order valence-corrected chi connectivity index (χ2v) is 6.80. The summed E-state index contributed by atoms with van der Waals surface area (Å²) in [6, 6.07) is 8.33. The molecule has 0 saturated carbocycles. The molecule has 6 nitrogen and oxygen atoms in total. The number of hydrogen-bond acceptors (Lipinski definition) is 4. The van der Waals surface area contributed by atoms with Crippen LogP contribution in [-0.2, 0) is 4.74 Å².